The Morgan fingerprint density at radius 2 is 1.97 bits per heavy atom. The van der Waals surface area contributed by atoms with Crippen LogP contribution < -0.4 is 15.5 Å². The van der Waals surface area contributed by atoms with Crippen LogP contribution in [0.3, 0.4) is 0 Å². The maximum absolute atomic E-state index is 12.0. The fourth-order valence-electron chi connectivity index (χ4n) is 3.10. The predicted molar refractivity (Wildman–Crippen MR) is 125 cm³/mol. The number of benzene rings is 1. The van der Waals surface area contributed by atoms with Gasteiger partial charge in [-0.3, -0.25) is 4.79 Å². The number of aromatic nitrogens is 3. The first-order valence-corrected chi connectivity index (χ1v) is 10.8. The number of nitrogens with zero attached hydrogens (tertiary/aromatic N) is 6. The lowest BCUT2D eigenvalue weighted by atomic mass is 10.2. The lowest BCUT2D eigenvalue weighted by Gasteiger charge is -2.24. The van der Waals surface area contributed by atoms with Crippen LogP contribution in [0.4, 0.5) is 5.69 Å². The van der Waals surface area contributed by atoms with E-state index in [2.05, 4.69) is 75.8 Å². The Balaban J connectivity index is 1.94. The van der Waals surface area contributed by atoms with Crippen LogP contribution in [-0.2, 0) is 17.8 Å². The minimum absolute atomic E-state index is 0.0388. The van der Waals surface area contributed by atoms with E-state index in [4.69, 9.17) is 0 Å². The number of aryl methyl sites for hydroxylation is 2. The first kappa shape index (κ1) is 24.2. The molecule has 31 heavy (non-hydrogen) atoms. The molecule has 2 N–H and O–H groups in total. The number of hydrogen-bond acceptors (Lipinski definition) is 5. The fraction of sp³-hybridized carbons (Fsp3) is 0.545. The van der Waals surface area contributed by atoms with Crippen LogP contribution in [-0.4, -0.2) is 78.4 Å². The molecule has 1 aromatic heterocycles. The Morgan fingerprint density at radius 3 is 2.65 bits per heavy atom. The average Bonchev–Trinajstić information content (AvgIpc) is 3.21. The lowest BCUT2D eigenvalue weighted by Crippen LogP contribution is -2.43. The molecule has 0 spiro atoms. The molecule has 9 nitrogen and oxygen atoms in total. The third-order valence-corrected chi connectivity index (χ3v) is 4.95. The zero-order chi connectivity index (χ0) is 22.6. The van der Waals surface area contributed by atoms with Gasteiger partial charge in [0.1, 0.15) is 18.7 Å². The molecule has 2 rings (SSSR count). The largest absolute Gasteiger partial charge is 0.370 e. The Labute approximate surface area is 185 Å². The van der Waals surface area contributed by atoms with E-state index in [9.17, 15) is 4.79 Å². The molecule has 1 amide bonds. The average molecular weight is 429 g/mol. The SMILES string of the molecule is CCc1nncn1CCNC(=NCC(=O)N(C)C)NCCN(CC)c1cccc(C)c1. The molecular weight excluding hydrogens is 392 g/mol. The summed E-state index contributed by atoms with van der Waals surface area (Å²) in [5.41, 5.74) is 2.45. The molecule has 2 aromatic rings. The monoisotopic (exact) mass is 428 g/mol. The van der Waals surface area contributed by atoms with E-state index in [1.54, 1.807) is 25.3 Å². The summed E-state index contributed by atoms with van der Waals surface area (Å²) in [5.74, 6) is 1.54. The Morgan fingerprint density at radius 1 is 1.19 bits per heavy atom. The highest BCUT2D eigenvalue weighted by atomic mass is 16.2. The molecule has 0 aliphatic carbocycles. The number of amides is 1. The van der Waals surface area contributed by atoms with Crippen molar-refractivity contribution in [3.8, 4) is 0 Å². The molecule has 1 heterocycles. The summed E-state index contributed by atoms with van der Waals surface area (Å²) in [6.45, 7) is 10.2. The second-order valence-corrected chi connectivity index (χ2v) is 7.52. The van der Waals surface area contributed by atoms with Crippen LogP contribution in [0.1, 0.15) is 25.2 Å². The van der Waals surface area contributed by atoms with Crippen molar-refractivity contribution in [1.82, 2.24) is 30.3 Å². The van der Waals surface area contributed by atoms with Gasteiger partial charge in [0.15, 0.2) is 5.96 Å². The van der Waals surface area contributed by atoms with Gasteiger partial charge < -0.3 is 25.0 Å². The first-order chi connectivity index (χ1) is 14.9. The molecule has 9 heteroatoms. The summed E-state index contributed by atoms with van der Waals surface area (Å²) in [4.78, 5) is 20.3. The molecule has 0 aliphatic rings. The van der Waals surface area contributed by atoms with Crippen molar-refractivity contribution in [1.29, 1.82) is 0 Å². The molecule has 0 fully saturated rings. The molecule has 0 atom stereocenters. The highest BCUT2D eigenvalue weighted by Gasteiger charge is 2.08. The van der Waals surface area contributed by atoms with Gasteiger partial charge in [0.05, 0.1) is 0 Å². The minimum atomic E-state index is -0.0388. The van der Waals surface area contributed by atoms with Crippen LogP contribution in [0.15, 0.2) is 35.6 Å². The molecule has 0 aliphatic heterocycles. The molecule has 1 aromatic carbocycles. The van der Waals surface area contributed by atoms with Gasteiger partial charge in [-0.05, 0) is 31.5 Å². The highest BCUT2D eigenvalue weighted by molar-refractivity contribution is 5.84. The van der Waals surface area contributed by atoms with E-state index in [0.29, 0.717) is 19.0 Å². The molecule has 0 radical (unpaired) electrons. The Bertz CT molecular complexity index is 846. The first-order valence-electron chi connectivity index (χ1n) is 10.8. The Hall–Kier alpha value is -3.10. The van der Waals surface area contributed by atoms with E-state index in [1.807, 2.05) is 4.57 Å². The van der Waals surface area contributed by atoms with Crippen molar-refractivity contribution in [3.63, 3.8) is 0 Å². The van der Waals surface area contributed by atoms with Crippen LogP contribution in [0.25, 0.3) is 0 Å². The summed E-state index contributed by atoms with van der Waals surface area (Å²) in [5, 5.41) is 14.8. The normalized spacial score (nSPS) is 11.3. The van der Waals surface area contributed by atoms with Gasteiger partial charge in [0.2, 0.25) is 5.91 Å². The summed E-state index contributed by atoms with van der Waals surface area (Å²) in [6.07, 6.45) is 2.57. The zero-order valence-corrected chi connectivity index (χ0v) is 19.4. The summed E-state index contributed by atoms with van der Waals surface area (Å²) >= 11 is 0. The predicted octanol–water partition coefficient (Wildman–Crippen LogP) is 1.30. The molecule has 0 saturated heterocycles. The van der Waals surface area contributed by atoms with Gasteiger partial charge in [-0.1, -0.05) is 19.1 Å². The van der Waals surface area contributed by atoms with Crippen molar-refractivity contribution < 1.29 is 4.79 Å². The zero-order valence-electron chi connectivity index (χ0n) is 19.4. The van der Waals surface area contributed by atoms with Crippen molar-refractivity contribution >= 4 is 17.6 Å². The van der Waals surface area contributed by atoms with Gasteiger partial charge in [0, 0.05) is 58.9 Å². The van der Waals surface area contributed by atoms with Crippen molar-refractivity contribution in [2.24, 2.45) is 4.99 Å². The van der Waals surface area contributed by atoms with E-state index in [-0.39, 0.29) is 12.5 Å². The van der Waals surface area contributed by atoms with Crippen LogP contribution in [0.5, 0.6) is 0 Å². The van der Waals surface area contributed by atoms with Crippen LogP contribution in [0, 0.1) is 6.92 Å². The second kappa shape index (κ2) is 12.6. The van der Waals surface area contributed by atoms with Crippen LogP contribution in [0.2, 0.25) is 0 Å². The van der Waals surface area contributed by atoms with Gasteiger partial charge in [-0.2, -0.15) is 0 Å². The van der Waals surface area contributed by atoms with Gasteiger partial charge >= 0.3 is 0 Å². The number of hydrogen-bond donors (Lipinski definition) is 2. The lowest BCUT2D eigenvalue weighted by molar-refractivity contribution is -0.127. The van der Waals surface area contributed by atoms with Crippen LogP contribution >= 0.6 is 0 Å². The Kier molecular flexibility index (Phi) is 9.80. The summed E-state index contributed by atoms with van der Waals surface area (Å²) < 4.78 is 2.02. The van der Waals surface area contributed by atoms with Gasteiger partial charge in [-0.25, -0.2) is 4.99 Å². The number of anilines is 1. The summed E-state index contributed by atoms with van der Waals surface area (Å²) in [7, 11) is 3.47. The summed E-state index contributed by atoms with van der Waals surface area (Å²) in [6, 6.07) is 8.50. The number of nitrogens with one attached hydrogen (secondary N) is 2. The number of guanidine groups is 1. The molecule has 170 valence electrons. The molecule has 0 unspecified atom stereocenters. The third-order valence-electron chi connectivity index (χ3n) is 4.95. The minimum Gasteiger partial charge on any atom is -0.370 e. The maximum atomic E-state index is 12.0. The van der Waals surface area contributed by atoms with E-state index in [1.165, 1.54) is 11.3 Å². The van der Waals surface area contributed by atoms with E-state index >= 15 is 0 Å². The van der Waals surface area contributed by atoms with Gasteiger partial charge in [0.25, 0.3) is 0 Å². The third kappa shape index (κ3) is 7.92. The standard InChI is InChI=1S/C22H36N8O/c1-6-20-27-26-17-30(20)14-12-24-22(25-16-21(31)28(4)5)23-11-13-29(7-2)19-10-8-9-18(3)15-19/h8-10,15,17H,6-7,11-14,16H2,1-5H3,(H2,23,24,25). The molecule has 0 saturated carbocycles. The second-order valence-electron chi connectivity index (χ2n) is 7.52. The number of aliphatic imine (C=N–C) groups is 1. The van der Waals surface area contributed by atoms with E-state index in [0.717, 1.165) is 31.9 Å². The maximum Gasteiger partial charge on any atom is 0.243 e. The fourth-order valence-corrected chi connectivity index (χ4v) is 3.10. The number of rotatable bonds is 11. The number of carbonyl (C=O) groups excluding carboxylic acids is 1. The smallest absolute Gasteiger partial charge is 0.243 e. The van der Waals surface area contributed by atoms with Crippen molar-refractivity contribution in [3.05, 3.63) is 42.0 Å². The number of likely N-dealkylation sites (N-methyl/N-ethyl adjacent to an activating group) is 2. The van der Waals surface area contributed by atoms with Crippen molar-refractivity contribution in [2.45, 2.75) is 33.7 Å². The van der Waals surface area contributed by atoms with Crippen molar-refractivity contribution in [2.75, 3.05) is 51.7 Å². The molecule has 0 bridgehead atoms. The van der Waals surface area contributed by atoms with Gasteiger partial charge in [-0.15, -0.1) is 10.2 Å². The quantitative estimate of drug-likeness (QED) is 0.414. The molecular formula is C22H36N8O. The van der Waals surface area contributed by atoms with E-state index < -0.39 is 0 Å². The number of carbonyl (C=O) groups is 1. The topological polar surface area (TPSA) is 90.7 Å². The highest BCUT2D eigenvalue weighted by Crippen LogP contribution is 2.14.